The molecule has 0 unspecified atom stereocenters. The van der Waals surface area contributed by atoms with Gasteiger partial charge in [0.05, 0.1) is 12.6 Å². The fourth-order valence-corrected chi connectivity index (χ4v) is 3.15. The molecule has 0 saturated carbocycles. The Labute approximate surface area is 189 Å². The van der Waals surface area contributed by atoms with Crippen molar-refractivity contribution in [3.05, 3.63) is 95.1 Å². The summed E-state index contributed by atoms with van der Waals surface area (Å²) >= 11 is 0. The molecule has 32 heavy (non-hydrogen) atoms. The Morgan fingerprint density at radius 2 is 1.78 bits per heavy atom. The van der Waals surface area contributed by atoms with E-state index in [4.69, 9.17) is 15.5 Å². The molecule has 6 nitrogen and oxygen atoms in total. The first-order valence-electron chi connectivity index (χ1n) is 10.7. The first-order chi connectivity index (χ1) is 15.4. The molecule has 0 aliphatic heterocycles. The van der Waals surface area contributed by atoms with Gasteiger partial charge in [-0.3, -0.25) is 4.79 Å². The Bertz CT molecular complexity index is 1080. The summed E-state index contributed by atoms with van der Waals surface area (Å²) in [4.78, 5) is 16.2. The normalized spacial score (nSPS) is 11.3. The van der Waals surface area contributed by atoms with Gasteiger partial charge in [-0.25, -0.2) is 4.99 Å². The minimum atomic E-state index is -0.449. The molecule has 0 aliphatic rings. The van der Waals surface area contributed by atoms with Crippen molar-refractivity contribution in [3.8, 4) is 5.75 Å². The lowest BCUT2D eigenvalue weighted by Crippen LogP contribution is -2.30. The highest BCUT2D eigenvalue weighted by molar-refractivity contribution is 5.94. The summed E-state index contributed by atoms with van der Waals surface area (Å²) in [6.45, 7) is 7.12. The van der Waals surface area contributed by atoms with E-state index in [9.17, 15) is 4.79 Å². The number of ether oxygens (including phenoxy) is 1. The van der Waals surface area contributed by atoms with Crippen LogP contribution in [-0.2, 0) is 13.1 Å². The topological polar surface area (TPSA) is 88.7 Å². The molecular formula is C26H30N4O2. The maximum atomic E-state index is 11.5. The van der Waals surface area contributed by atoms with Crippen molar-refractivity contribution in [2.75, 3.05) is 5.32 Å². The standard InChI is InChI=1S/C26H30N4O2/c1-18(2)32-24-13-11-23(12-14-24)30-26(29-17-22-9-5-4-7-19(22)3)28-16-20-8-6-10-21(15-20)25(27)31/h4-15,18H,16-17H2,1-3H3,(H2,27,31)(H2,28,29,30). The second-order valence-corrected chi connectivity index (χ2v) is 7.83. The Balaban J connectivity index is 1.77. The molecule has 0 bridgehead atoms. The third-order valence-corrected chi connectivity index (χ3v) is 4.83. The number of rotatable bonds is 8. The van der Waals surface area contributed by atoms with Crippen LogP contribution in [0.3, 0.4) is 0 Å². The zero-order valence-electron chi connectivity index (χ0n) is 18.8. The van der Waals surface area contributed by atoms with E-state index in [1.807, 2.05) is 62.4 Å². The van der Waals surface area contributed by atoms with Crippen molar-refractivity contribution in [1.29, 1.82) is 0 Å². The predicted octanol–water partition coefficient (Wildman–Crippen LogP) is 4.64. The van der Waals surface area contributed by atoms with Crippen LogP contribution in [0.4, 0.5) is 5.69 Å². The van der Waals surface area contributed by atoms with Crippen LogP contribution < -0.4 is 21.1 Å². The summed E-state index contributed by atoms with van der Waals surface area (Å²) < 4.78 is 5.72. The fourth-order valence-electron chi connectivity index (χ4n) is 3.15. The fraction of sp³-hybridized carbons (Fsp3) is 0.231. The van der Waals surface area contributed by atoms with Crippen molar-refractivity contribution < 1.29 is 9.53 Å². The third-order valence-electron chi connectivity index (χ3n) is 4.83. The summed E-state index contributed by atoms with van der Waals surface area (Å²) in [5.41, 5.74) is 10.1. The second-order valence-electron chi connectivity index (χ2n) is 7.83. The third kappa shape index (κ3) is 6.87. The number of carbonyl (C=O) groups excluding carboxylic acids is 1. The molecule has 1 amide bonds. The SMILES string of the molecule is Cc1ccccc1CNC(=NCc1cccc(C(N)=O)c1)Nc1ccc(OC(C)C)cc1. The zero-order valence-corrected chi connectivity index (χ0v) is 18.8. The summed E-state index contributed by atoms with van der Waals surface area (Å²) in [6.07, 6.45) is 0.123. The zero-order chi connectivity index (χ0) is 22.9. The van der Waals surface area contributed by atoms with Gasteiger partial charge >= 0.3 is 0 Å². The van der Waals surface area contributed by atoms with Crippen LogP contribution in [-0.4, -0.2) is 18.0 Å². The van der Waals surface area contributed by atoms with E-state index < -0.39 is 5.91 Å². The van der Waals surface area contributed by atoms with E-state index in [2.05, 4.69) is 29.7 Å². The van der Waals surface area contributed by atoms with Crippen molar-refractivity contribution in [2.45, 2.75) is 40.0 Å². The lowest BCUT2D eigenvalue weighted by atomic mass is 10.1. The minimum Gasteiger partial charge on any atom is -0.491 e. The molecule has 0 saturated heterocycles. The Morgan fingerprint density at radius 1 is 1.03 bits per heavy atom. The maximum Gasteiger partial charge on any atom is 0.248 e. The van der Waals surface area contributed by atoms with Gasteiger partial charge in [0, 0.05) is 17.8 Å². The average Bonchev–Trinajstić information content (AvgIpc) is 2.77. The number of nitrogens with one attached hydrogen (secondary N) is 2. The lowest BCUT2D eigenvalue weighted by Gasteiger charge is -2.15. The number of aliphatic imine (C=N–C) groups is 1. The van der Waals surface area contributed by atoms with Crippen molar-refractivity contribution in [3.63, 3.8) is 0 Å². The summed E-state index contributed by atoms with van der Waals surface area (Å²) in [6, 6.07) is 23.2. The Morgan fingerprint density at radius 3 is 2.47 bits per heavy atom. The maximum absolute atomic E-state index is 11.5. The van der Waals surface area contributed by atoms with Crippen LogP contribution >= 0.6 is 0 Å². The van der Waals surface area contributed by atoms with Gasteiger partial charge in [-0.15, -0.1) is 0 Å². The number of hydrogen-bond acceptors (Lipinski definition) is 3. The van der Waals surface area contributed by atoms with Crippen LogP contribution in [0.25, 0.3) is 0 Å². The van der Waals surface area contributed by atoms with Gasteiger partial charge in [-0.05, 0) is 73.9 Å². The summed E-state index contributed by atoms with van der Waals surface area (Å²) in [5, 5.41) is 6.74. The van der Waals surface area contributed by atoms with Gasteiger partial charge in [-0.2, -0.15) is 0 Å². The molecule has 3 aromatic carbocycles. The molecule has 4 N–H and O–H groups in total. The second kappa shape index (κ2) is 11.0. The van der Waals surface area contributed by atoms with Gasteiger partial charge in [-0.1, -0.05) is 36.4 Å². The number of primary amides is 1. The molecular weight excluding hydrogens is 400 g/mol. The number of nitrogens with two attached hydrogens (primary N) is 1. The molecule has 6 heteroatoms. The van der Waals surface area contributed by atoms with Gasteiger partial charge < -0.3 is 21.1 Å². The van der Waals surface area contributed by atoms with E-state index >= 15 is 0 Å². The molecule has 3 aromatic rings. The van der Waals surface area contributed by atoms with Crippen LogP contribution in [0.15, 0.2) is 77.8 Å². The van der Waals surface area contributed by atoms with Gasteiger partial charge in [0.15, 0.2) is 5.96 Å². The predicted molar refractivity (Wildman–Crippen MR) is 130 cm³/mol. The number of benzene rings is 3. The van der Waals surface area contributed by atoms with Gasteiger partial charge in [0.2, 0.25) is 5.91 Å². The van der Waals surface area contributed by atoms with E-state index in [-0.39, 0.29) is 6.10 Å². The number of aryl methyl sites for hydroxylation is 1. The van der Waals surface area contributed by atoms with Crippen molar-refractivity contribution >= 4 is 17.6 Å². The van der Waals surface area contributed by atoms with Gasteiger partial charge in [0.1, 0.15) is 5.75 Å². The molecule has 0 heterocycles. The molecule has 0 aliphatic carbocycles. The van der Waals surface area contributed by atoms with Crippen molar-refractivity contribution in [2.24, 2.45) is 10.7 Å². The summed E-state index contributed by atoms with van der Waals surface area (Å²) in [5.74, 6) is 1.01. The first-order valence-corrected chi connectivity index (χ1v) is 10.7. The number of guanidine groups is 1. The van der Waals surface area contributed by atoms with Crippen LogP contribution in [0.1, 0.15) is 40.9 Å². The average molecular weight is 431 g/mol. The highest BCUT2D eigenvalue weighted by atomic mass is 16.5. The molecule has 0 aromatic heterocycles. The quantitative estimate of drug-likeness (QED) is 0.359. The summed E-state index contributed by atoms with van der Waals surface area (Å²) in [7, 11) is 0. The largest absolute Gasteiger partial charge is 0.491 e. The van der Waals surface area contributed by atoms with E-state index in [1.54, 1.807) is 12.1 Å². The number of hydrogen-bond donors (Lipinski definition) is 3. The highest BCUT2D eigenvalue weighted by Gasteiger charge is 2.05. The number of carbonyl (C=O) groups is 1. The minimum absolute atomic E-state index is 0.123. The Hall–Kier alpha value is -3.80. The van der Waals surface area contributed by atoms with Crippen LogP contribution in [0.2, 0.25) is 0 Å². The highest BCUT2D eigenvalue weighted by Crippen LogP contribution is 2.17. The van der Waals surface area contributed by atoms with E-state index in [0.717, 1.165) is 17.0 Å². The molecule has 0 fully saturated rings. The molecule has 3 rings (SSSR count). The van der Waals surface area contributed by atoms with E-state index in [0.29, 0.717) is 24.6 Å². The number of anilines is 1. The molecule has 0 spiro atoms. The van der Waals surface area contributed by atoms with Crippen molar-refractivity contribution in [1.82, 2.24) is 5.32 Å². The van der Waals surface area contributed by atoms with Gasteiger partial charge in [0.25, 0.3) is 0 Å². The first kappa shape index (κ1) is 22.9. The monoisotopic (exact) mass is 430 g/mol. The molecule has 0 radical (unpaired) electrons. The molecule has 0 atom stereocenters. The van der Waals surface area contributed by atoms with Crippen LogP contribution in [0, 0.1) is 6.92 Å². The lowest BCUT2D eigenvalue weighted by molar-refractivity contribution is 0.1000. The smallest absolute Gasteiger partial charge is 0.248 e. The number of amides is 1. The van der Waals surface area contributed by atoms with Crippen LogP contribution in [0.5, 0.6) is 5.75 Å². The Kier molecular flexibility index (Phi) is 7.86. The molecule has 166 valence electrons. The number of nitrogens with zero attached hydrogens (tertiary/aromatic N) is 1. The van der Waals surface area contributed by atoms with E-state index in [1.165, 1.54) is 11.1 Å².